The molecule has 1 fully saturated rings. The third-order valence-electron chi connectivity index (χ3n) is 4.58. The van der Waals surface area contributed by atoms with E-state index in [1.54, 1.807) is 16.2 Å². The lowest BCUT2D eigenvalue weighted by molar-refractivity contribution is -0.118. The molecule has 2 aromatic heterocycles. The summed E-state index contributed by atoms with van der Waals surface area (Å²) in [5.41, 5.74) is 2.20. The maximum absolute atomic E-state index is 11.0. The summed E-state index contributed by atoms with van der Waals surface area (Å²) in [6, 6.07) is 7.80. The molecule has 1 saturated heterocycles. The Bertz CT molecular complexity index is 965. The summed E-state index contributed by atoms with van der Waals surface area (Å²) < 4.78 is 0. The number of thiophene rings is 1. The van der Waals surface area contributed by atoms with E-state index in [2.05, 4.69) is 21.8 Å². The number of nitrogens with zero attached hydrogens (tertiary/aromatic N) is 4. The molecule has 1 aliphatic heterocycles. The van der Waals surface area contributed by atoms with Gasteiger partial charge in [0.15, 0.2) is 0 Å². The average molecular weight is 407 g/mol. The molecule has 0 saturated carbocycles. The monoisotopic (exact) mass is 406 g/mol. The van der Waals surface area contributed by atoms with Crippen molar-refractivity contribution >= 4 is 57.0 Å². The lowest BCUT2D eigenvalue weighted by Gasteiger charge is -2.33. The normalized spacial score (nSPS) is 14.9. The van der Waals surface area contributed by atoms with Gasteiger partial charge in [-0.2, -0.15) is 4.98 Å². The van der Waals surface area contributed by atoms with Crippen LogP contribution in [0.2, 0.25) is 10.3 Å². The molecule has 0 unspecified atom stereocenters. The molecule has 1 amide bonds. The van der Waals surface area contributed by atoms with E-state index in [-0.39, 0.29) is 5.28 Å². The Morgan fingerprint density at radius 3 is 2.42 bits per heavy atom. The van der Waals surface area contributed by atoms with Crippen molar-refractivity contribution in [1.82, 2.24) is 14.9 Å². The third-order valence-corrected chi connectivity index (χ3v) is 6.00. The van der Waals surface area contributed by atoms with Crippen LogP contribution in [0.5, 0.6) is 0 Å². The Balaban J connectivity index is 1.87. The number of aryl methyl sites for hydroxylation is 1. The number of carbonyl (C=O) groups is 1. The summed E-state index contributed by atoms with van der Waals surface area (Å²) in [5.74, 6) is 0.833. The SMILES string of the molecule is Cc1sc2nc(Cl)nc(N3CCN(C=O)CC3)c2c1-c1ccc(Cl)cc1. The number of aromatic nitrogens is 2. The summed E-state index contributed by atoms with van der Waals surface area (Å²) in [7, 11) is 0. The van der Waals surface area contributed by atoms with Crippen LogP contribution in [0.15, 0.2) is 24.3 Å². The van der Waals surface area contributed by atoms with E-state index in [9.17, 15) is 4.79 Å². The van der Waals surface area contributed by atoms with Crippen LogP contribution in [0.25, 0.3) is 21.3 Å². The highest BCUT2D eigenvalue weighted by Gasteiger charge is 2.24. The standard InChI is InChI=1S/C18H16Cl2N4OS/c1-11-14(12-2-4-13(19)5-3-12)15-16(21-18(20)22-17(15)26-11)24-8-6-23(10-25)7-9-24/h2-5,10H,6-9H2,1H3. The van der Waals surface area contributed by atoms with Crippen molar-refractivity contribution in [3.05, 3.63) is 39.4 Å². The van der Waals surface area contributed by atoms with E-state index < -0.39 is 0 Å². The Morgan fingerprint density at radius 1 is 1.08 bits per heavy atom. The maximum atomic E-state index is 11.0. The first-order valence-corrected chi connectivity index (χ1v) is 9.81. The molecule has 5 nitrogen and oxygen atoms in total. The second-order valence-electron chi connectivity index (χ2n) is 6.16. The van der Waals surface area contributed by atoms with Crippen LogP contribution < -0.4 is 4.90 Å². The molecule has 3 aromatic rings. The minimum absolute atomic E-state index is 0.245. The van der Waals surface area contributed by atoms with Crippen molar-refractivity contribution in [2.24, 2.45) is 0 Å². The molecule has 8 heteroatoms. The first-order chi connectivity index (χ1) is 12.6. The van der Waals surface area contributed by atoms with Crippen molar-refractivity contribution < 1.29 is 4.79 Å². The largest absolute Gasteiger partial charge is 0.352 e. The van der Waals surface area contributed by atoms with E-state index in [1.165, 1.54) is 0 Å². The van der Waals surface area contributed by atoms with Gasteiger partial charge < -0.3 is 9.80 Å². The van der Waals surface area contributed by atoms with Gasteiger partial charge in [-0.05, 0) is 36.2 Å². The van der Waals surface area contributed by atoms with Gasteiger partial charge in [-0.25, -0.2) is 4.98 Å². The number of hydrogen-bond donors (Lipinski definition) is 0. The Labute approximate surface area is 165 Å². The smallest absolute Gasteiger partial charge is 0.225 e. The minimum Gasteiger partial charge on any atom is -0.352 e. The highest BCUT2D eigenvalue weighted by atomic mass is 35.5. The van der Waals surface area contributed by atoms with Crippen LogP contribution in [0.1, 0.15) is 4.88 Å². The molecular formula is C18H16Cl2N4OS. The van der Waals surface area contributed by atoms with Gasteiger partial charge in [-0.15, -0.1) is 11.3 Å². The number of hydrogen-bond acceptors (Lipinski definition) is 5. The van der Waals surface area contributed by atoms with Gasteiger partial charge >= 0.3 is 0 Å². The molecule has 4 rings (SSSR count). The lowest BCUT2D eigenvalue weighted by Crippen LogP contribution is -2.46. The van der Waals surface area contributed by atoms with E-state index in [4.69, 9.17) is 23.2 Å². The molecule has 0 spiro atoms. The van der Waals surface area contributed by atoms with Gasteiger partial charge in [0, 0.05) is 41.6 Å². The van der Waals surface area contributed by atoms with Crippen LogP contribution in [-0.2, 0) is 4.79 Å². The predicted octanol–water partition coefficient (Wildman–Crippen LogP) is 4.25. The molecule has 1 aliphatic rings. The molecule has 0 bridgehead atoms. The molecule has 3 heterocycles. The predicted molar refractivity (Wildman–Crippen MR) is 107 cm³/mol. The van der Waals surface area contributed by atoms with Crippen molar-refractivity contribution in [1.29, 1.82) is 0 Å². The summed E-state index contributed by atoms with van der Waals surface area (Å²) >= 11 is 13.9. The third kappa shape index (κ3) is 3.13. The van der Waals surface area contributed by atoms with Crippen LogP contribution in [0.4, 0.5) is 5.82 Å². The fraction of sp³-hybridized carbons (Fsp3) is 0.278. The minimum atomic E-state index is 0.245. The lowest BCUT2D eigenvalue weighted by atomic mass is 10.0. The Kier molecular flexibility index (Phi) is 4.73. The molecule has 0 aliphatic carbocycles. The van der Waals surface area contributed by atoms with Crippen LogP contribution in [0, 0.1) is 6.92 Å². The number of anilines is 1. The summed E-state index contributed by atoms with van der Waals surface area (Å²) in [6.45, 7) is 4.86. The fourth-order valence-electron chi connectivity index (χ4n) is 3.30. The summed E-state index contributed by atoms with van der Waals surface area (Å²) in [4.78, 5) is 26.0. The van der Waals surface area contributed by atoms with E-state index >= 15 is 0 Å². The van der Waals surface area contributed by atoms with Crippen LogP contribution >= 0.6 is 34.5 Å². The van der Waals surface area contributed by atoms with Crippen molar-refractivity contribution in [3.63, 3.8) is 0 Å². The first kappa shape index (κ1) is 17.5. The number of fused-ring (bicyclic) bond motifs is 1. The molecule has 0 atom stereocenters. The van der Waals surface area contributed by atoms with E-state index in [0.29, 0.717) is 18.1 Å². The number of benzene rings is 1. The highest BCUT2D eigenvalue weighted by Crippen LogP contribution is 2.42. The quantitative estimate of drug-likeness (QED) is 0.481. The molecule has 0 N–H and O–H groups in total. The van der Waals surface area contributed by atoms with Crippen molar-refractivity contribution in [2.75, 3.05) is 31.1 Å². The van der Waals surface area contributed by atoms with Gasteiger partial charge in [0.2, 0.25) is 11.7 Å². The fourth-order valence-corrected chi connectivity index (χ4v) is 4.68. The topological polar surface area (TPSA) is 49.3 Å². The van der Waals surface area contributed by atoms with Crippen molar-refractivity contribution in [2.45, 2.75) is 6.92 Å². The zero-order valence-corrected chi connectivity index (χ0v) is 16.4. The van der Waals surface area contributed by atoms with Gasteiger partial charge in [-0.1, -0.05) is 23.7 Å². The first-order valence-electron chi connectivity index (χ1n) is 8.23. The second kappa shape index (κ2) is 7.02. The van der Waals surface area contributed by atoms with Crippen molar-refractivity contribution in [3.8, 4) is 11.1 Å². The zero-order valence-electron chi connectivity index (χ0n) is 14.1. The Hall–Kier alpha value is -1.89. The van der Waals surface area contributed by atoms with Crippen LogP contribution in [-0.4, -0.2) is 47.5 Å². The van der Waals surface area contributed by atoms with E-state index in [1.807, 2.05) is 24.3 Å². The highest BCUT2D eigenvalue weighted by molar-refractivity contribution is 7.19. The molecular weight excluding hydrogens is 391 g/mol. The molecule has 134 valence electrons. The summed E-state index contributed by atoms with van der Waals surface area (Å²) in [6.07, 6.45) is 0.897. The number of piperazine rings is 1. The summed E-state index contributed by atoms with van der Waals surface area (Å²) in [5, 5.41) is 1.96. The second-order valence-corrected chi connectivity index (χ2v) is 8.14. The average Bonchev–Trinajstić information content (AvgIpc) is 2.97. The number of carbonyl (C=O) groups excluding carboxylic acids is 1. The van der Waals surface area contributed by atoms with Gasteiger partial charge in [0.1, 0.15) is 10.6 Å². The molecule has 26 heavy (non-hydrogen) atoms. The number of amides is 1. The maximum Gasteiger partial charge on any atom is 0.225 e. The molecule has 0 radical (unpaired) electrons. The Morgan fingerprint density at radius 2 is 1.77 bits per heavy atom. The van der Waals surface area contributed by atoms with Crippen LogP contribution in [0.3, 0.4) is 0 Å². The number of halogens is 2. The molecule has 1 aromatic carbocycles. The van der Waals surface area contributed by atoms with E-state index in [0.717, 1.165) is 51.5 Å². The van der Waals surface area contributed by atoms with Gasteiger partial charge in [-0.3, -0.25) is 4.79 Å². The van der Waals surface area contributed by atoms with Gasteiger partial charge in [0.25, 0.3) is 0 Å². The van der Waals surface area contributed by atoms with Gasteiger partial charge in [0.05, 0.1) is 5.39 Å². The number of rotatable bonds is 3. The zero-order chi connectivity index (χ0) is 18.3.